The number of carbonyl (C=O) groups excluding carboxylic acids is 1. The molecule has 2 aromatic carbocycles. The first-order valence-electron chi connectivity index (χ1n) is 6.84. The molecule has 8 heteroatoms. The maximum Gasteiger partial charge on any atom is 0.387 e. The molecule has 1 unspecified atom stereocenters. The normalized spacial score (nSPS) is 11.9. The van der Waals surface area contributed by atoms with Crippen LogP contribution in [0.4, 0.5) is 14.5 Å². The Morgan fingerprint density at radius 1 is 1.04 bits per heavy atom. The van der Waals surface area contributed by atoms with Crippen LogP contribution in [0, 0.1) is 0 Å². The fraction of sp³-hybridized carbons (Fsp3) is 0.188. The molecular formula is C16H13Cl2F2NO3. The highest BCUT2D eigenvalue weighted by atomic mass is 35.5. The molecule has 0 saturated heterocycles. The van der Waals surface area contributed by atoms with E-state index in [2.05, 4.69) is 10.1 Å². The van der Waals surface area contributed by atoms with Crippen LogP contribution in [0.5, 0.6) is 11.5 Å². The van der Waals surface area contributed by atoms with Gasteiger partial charge in [-0.2, -0.15) is 8.78 Å². The first kappa shape index (κ1) is 18.3. The summed E-state index contributed by atoms with van der Waals surface area (Å²) in [6, 6.07) is 10.6. The smallest absolute Gasteiger partial charge is 0.387 e. The first-order valence-corrected chi connectivity index (χ1v) is 7.59. The number of hydrogen-bond donors (Lipinski definition) is 1. The average Bonchev–Trinajstić information content (AvgIpc) is 2.53. The van der Waals surface area contributed by atoms with Gasteiger partial charge in [0, 0.05) is 0 Å². The molecule has 24 heavy (non-hydrogen) atoms. The summed E-state index contributed by atoms with van der Waals surface area (Å²) in [6.07, 6.45) is -0.944. The molecule has 0 aliphatic carbocycles. The molecule has 0 bridgehead atoms. The fourth-order valence-electron chi connectivity index (χ4n) is 1.82. The second kappa shape index (κ2) is 8.17. The lowest BCUT2D eigenvalue weighted by Crippen LogP contribution is -2.30. The van der Waals surface area contributed by atoms with E-state index in [-0.39, 0.29) is 27.2 Å². The van der Waals surface area contributed by atoms with E-state index in [1.54, 1.807) is 24.3 Å². The minimum atomic E-state index is -3.00. The molecule has 1 atom stereocenters. The van der Waals surface area contributed by atoms with Crippen LogP contribution in [0.15, 0.2) is 42.5 Å². The molecule has 0 saturated carbocycles. The second-order valence-electron chi connectivity index (χ2n) is 4.68. The zero-order valence-electron chi connectivity index (χ0n) is 12.4. The summed E-state index contributed by atoms with van der Waals surface area (Å²) >= 11 is 11.9. The monoisotopic (exact) mass is 375 g/mol. The van der Waals surface area contributed by atoms with E-state index < -0.39 is 18.6 Å². The van der Waals surface area contributed by atoms with E-state index in [0.29, 0.717) is 0 Å². The number of para-hydroxylation sites is 2. The van der Waals surface area contributed by atoms with E-state index in [4.69, 9.17) is 27.9 Å². The van der Waals surface area contributed by atoms with Gasteiger partial charge in [-0.25, -0.2) is 0 Å². The fourth-order valence-corrected chi connectivity index (χ4v) is 2.16. The van der Waals surface area contributed by atoms with E-state index in [0.717, 1.165) is 0 Å². The van der Waals surface area contributed by atoms with Crippen LogP contribution in [0.1, 0.15) is 6.92 Å². The number of amides is 1. The van der Waals surface area contributed by atoms with Gasteiger partial charge in [-0.1, -0.05) is 41.4 Å². The molecule has 128 valence electrons. The quantitative estimate of drug-likeness (QED) is 0.772. The van der Waals surface area contributed by atoms with E-state index in [1.165, 1.54) is 25.1 Å². The van der Waals surface area contributed by atoms with Crippen LogP contribution in [0.25, 0.3) is 0 Å². The average molecular weight is 376 g/mol. The second-order valence-corrected chi connectivity index (χ2v) is 5.46. The predicted molar refractivity (Wildman–Crippen MR) is 88.3 cm³/mol. The van der Waals surface area contributed by atoms with E-state index >= 15 is 0 Å². The Balaban J connectivity index is 2.08. The molecule has 1 amide bonds. The number of benzene rings is 2. The lowest BCUT2D eigenvalue weighted by atomic mass is 10.2. The van der Waals surface area contributed by atoms with Gasteiger partial charge in [0.05, 0.1) is 10.7 Å². The van der Waals surface area contributed by atoms with Crippen molar-refractivity contribution in [1.82, 2.24) is 0 Å². The van der Waals surface area contributed by atoms with Gasteiger partial charge in [-0.3, -0.25) is 4.79 Å². The van der Waals surface area contributed by atoms with Crippen molar-refractivity contribution in [2.24, 2.45) is 0 Å². The van der Waals surface area contributed by atoms with Crippen molar-refractivity contribution in [1.29, 1.82) is 0 Å². The molecule has 0 aromatic heterocycles. The number of hydrogen-bond acceptors (Lipinski definition) is 3. The number of ether oxygens (including phenoxy) is 2. The van der Waals surface area contributed by atoms with Crippen molar-refractivity contribution < 1.29 is 23.0 Å². The molecule has 0 aliphatic rings. The van der Waals surface area contributed by atoms with Gasteiger partial charge >= 0.3 is 6.61 Å². The molecule has 2 aromatic rings. The van der Waals surface area contributed by atoms with Crippen molar-refractivity contribution in [3.8, 4) is 11.5 Å². The third kappa shape index (κ3) is 4.72. The summed E-state index contributed by atoms with van der Waals surface area (Å²) in [6.45, 7) is -1.51. The van der Waals surface area contributed by atoms with Gasteiger partial charge in [0.15, 0.2) is 6.10 Å². The Labute approximate surface area is 147 Å². The SMILES string of the molecule is CC(Oc1cccc(Cl)c1Cl)C(=O)Nc1ccccc1OC(F)F. The molecular weight excluding hydrogens is 363 g/mol. The summed E-state index contributed by atoms with van der Waals surface area (Å²) < 4.78 is 34.6. The van der Waals surface area contributed by atoms with Gasteiger partial charge < -0.3 is 14.8 Å². The summed E-state index contributed by atoms with van der Waals surface area (Å²) in [5, 5.41) is 2.94. The number of rotatable bonds is 6. The van der Waals surface area contributed by atoms with Crippen LogP contribution < -0.4 is 14.8 Å². The minimum Gasteiger partial charge on any atom is -0.479 e. The number of carbonyl (C=O) groups is 1. The van der Waals surface area contributed by atoms with Gasteiger partial charge in [0.25, 0.3) is 5.91 Å². The molecule has 0 aliphatic heterocycles. The lowest BCUT2D eigenvalue weighted by Gasteiger charge is -2.17. The largest absolute Gasteiger partial charge is 0.479 e. The number of nitrogens with one attached hydrogen (secondary N) is 1. The Bertz CT molecular complexity index is 728. The highest BCUT2D eigenvalue weighted by molar-refractivity contribution is 6.42. The third-order valence-electron chi connectivity index (χ3n) is 2.95. The van der Waals surface area contributed by atoms with Gasteiger partial charge in [0.2, 0.25) is 0 Å². The summed E-state index contributed by atoms with van der Waals surface area (Å²) in [5.74, 6) is -0.464. The van der Waals surface area contributed by atoms with E-state index in [9.17, 15) is 13.6 Å². The summed E-state index contributed by atoms with van der Waals surface area (Å²) in [7, 11) is 0. The Morgan fingerprint density at radius 3 is 2.42 bits per heavy atom. The predicted octanol–water partition coefficient (Wildman–Crippen LogP) is 5.00. The maximum absolute atomic E-state index is 12.4. The molecule has 0 radical (unpaired) electrons. The Kier molecular flexibility index (Phi) is 6.23. The highest BCUT2D eigenvalue weighted by Crippen LogP contribution is 2.32. The van der Waals surface area contributed by atoms with Gasteiger partial charge in [-0.05, 0) is 31.2 Å². The van der Waals surface area contributed by atoms with Crippen molar-refractivity contribution in [3.63, 3.8) is 0 Å². The van der Waals surface area contributed by atoms with Crippen LogP contribution in [0.2, 0.25) is 10.0 Å². The maximum atomic E-state index is 12.4. The minimum absolute atomic E-state index is 0.107. The van der Waals surface area contributed by atoms with Gasteiger partial charge in [-0.15, -0.1) is 0 Å². The molecule has 2 rings (SSSR count). The van der Waals surface area contributed by atoms with Crippen molar-refractivity contribution in [2.45, 2.75) is 19.6 Å². The molecule has 1 N–H and O–H groups in total. The van der Waals surface area contributed by atoms with Crippen molar-refractivity contribution in [3.05, 3.63) is 52.5 Å². The number of anilines is 1. The van der Waals surface area contributed by atoms with Crippen LogP contribution in [-0.2, 0) is 4.79 Å². The van der Waals surface area contributed by atoms with Gasteiger partial charge in [0.1, 0.15) is 16.5 Å². The topological polar surface area (TPSA) is 47.6 Å². The number of halogens is 4. The van der Waals surface area contributed by atoms with Crippen LogP contribution in [0.3, 0.4) is 0 Å². The lowest BCUT2D eigenvalue weighted by molar-refractivity contribution is -0.122. The van der Waals surface area contributed by atoms with Crippen LogP contribution in [-0.4, -0.2) is 18.6 Å². The summed E-state index contributed by atoms with van der Waals surface area (Å²) in [4.78, 5) is 12.2. The van der Waals surface area contributed by atoms with Crippen molar-refractivity contribution in [2.75, 3.05) is 5.32 Å². The van der Waals surface area contributed by atoms with Crippen molar-refractivity contribution >= 4 is 34.8 Å². The third-order valence-corrected chi connectivity index (χ3v) is 3.75. The number of alkyl halides is 2. The molecule has 0 spiro atoms. The van der Waals surface area contributed by atoms with E-state index in [1.807, 2.05) is 0 Å². The Hall–Kier alpha value is -2.05. The molecule has 4 nitrogen and oxygen atoms in total. The molecule has 0 fully saturated rings. The summed E-state index contributed by atoms with van der Waals surface area (Å²) in [5.41, 5.74) is 0.107. The molecule has 0 heterocycles. The highest BCUT2D eigenvalue weighted by Gasteiger charge is 2.19. The zero-order valence-corrected chi connectivity index (χ0v) is 13.9. The zero-order chi connectivity index (χ0) is 17.7. The first-order chi connectivity index (χ1) is 11.4. The Morgan fingerprint density at radius 2 is 1.71 bits per heavy atom. The van der Waals surface area contributed by atoms with Crippen LogP contribution >= 0.6 is 23.2 Å². The standard InChI is InChI=1S/C16H13Cl2F2NO3/c1-9(23-13-8-4-5-10(17)14(13)18)15(22)21-11-6-2-3-7-12(11)24-16(19)20/h2-9,16H,1H3,(H,21,22).